The van der Waals surface area contributed by atoms with Gasteiger partial charge in [0.2, 0.25) is 0 Å². The van der Waals surface area contributed by atoms with Gasteiger partial charge in [0, 0.05) is 30.6 Å². The number of aromatic amines is 1. The first-order valence-corrected chi connectivity index (χ1v) is 11.6. The molecule has 0 spiro atoms. The molecule has 9 nitrogen and oxygen atoms in total. The van der Waals surface area contributed by atoms with Gasteiger partial charge in [0.05, 0.1) is 23.5 Å². The number of carbonyl (C=O) groups excluding carboxylic acids is 1. The highest BCUT2D eigenvalue weighted by Gasteiger charge is 2.14. The van der Waals surface area contributed by atoms with Crippen LogP contribution in [0.15, 0.2) is 48.8 Å². The summed E-state index contributed by atoms with van der Waals surface area (Å²) in [6.45, 7) is 0.696. The lowest BCUT2D eigenvalue weighted by atomic mass is 10.0. The molecule has 0 atom stereocenters. The smallest absolute Gasteiger partial charge is 0.255 e. The highest BCUT2D eigenvalue weighted by molar-refractivity contribution is 5.97. The van der Waals surface area contributed by atoms with Gasteiger partial charge in [-0.1, -0.05) is 17.7 Å². The minimum absolute atomic E-state index is 0.0538. The summed E-state index contributed by atoms with van der Waals surface area (Å²) in [4.78, 5) is 19.5. The van der Waals surface area contributed by atoms with Crippen molar-refractivity contribution in [3.63, 3.8) is 0 Å². The standard InChI is InChI=1S/C25H27F2N7O2/c26-17-7-9-20(22(27)13-17)16-6-8-21(23(35)12-16)24(36)29-10-11-34-15-19(32-33-34)5-3-1-2-4-18-14-30-25(28)31-18/h6-9,12-15,35H,1-5,10-11H2,(H,29,36)(H3,28,30,31). The summed E-state index contributed by atoms with van der Waals surface area (Å²) in [5, 5.41) is 21.3. The molecule has 0 fully saturated rings. The summed E-state index contributed by atoms with van der Waals surface area (Å²) in [6, 6.07) is 7.35. The summed E-state index contributed by atoms with van der Waals surface area (Å²) < 4.78 is 28.8. The largest absolute Gasteiger partial charge is 0.507 e. The van der Waals surface area contributed by atoms with E-state index in [9.17, 15) is 18.7 Å². The Balaban J connectivity index is 1.20. The molecule has 0 aliphatic carbocycles. The van der Waals surface area contributed by atoms with Crippen LogP contribution in [0.2, 0.25) is 0 Å². The number of phenolic OH excluding ortho intramolecular Hbond substituents is 1. The van der Waals surface area contributed by atoms with Crippen LogP contribution in [-0.2, 0) is 19.4 Å². The van der Waals surface area contributed by atoms with E-state index >= 15 is 0 Å². The Morgan fingerprint density at radius 2 is 1.89 bits per heavy atom. The Morgan fingerprint density at radius 3 is 2.61 bits per heavy atom. The third-order valence-corrected chi connectivity index (χ3v) is 5.71. The lowest BCUT2D eigenvalue weighted by molar-refractivity contribution is 0.0949. The average molecular weight is 496 g/mol. The number of aryl methyl sites for hydroxylation is 2. The van der Waals surface area contributed by atoms with E-state index in [4.69, 9.17) is 5.73 Å². The number of anilines is 1. The van der Waals surface area contributed by atoms with E-state index < -0.39 is 17.5 Å². The average Bonchev–Trinajstić information content (AvgIpc) is 3.47. The van der Waals surface area contributed by atoms with Crippen LogP contribution in [0.5, 0.6) is 5.75 Å². The SMILES string of the molecule is Nc1nc(CCCCCc2cn(CCNC(=O)c3ccc(-c4ccc(F)cc4F)cc3O)nn2)c[nH]1. The van der Waals surface area contributed by atoms with E-state index in [-0.39, 0.29) is 23.4 Å². The molecule has 11 heteroatoms. The maximum absolute atomic E-state index is 14.0. The second-order valence-corrected chi connectivity index (χ2v) is 8.42. The van der Waals surface area contributed by atoms with Gasteiger partial charge in [-0.25, -0.2) is 13.8 Å². The van der Waals surface area contributed by atoms with Crippen molar-refractivity contribution in [2.75, 3.05) is 12.3 Å². The summed E-state index contributed by atoms with van der Waals surface area (Å²) in [6.07, 6.45) is 8.38. The summed E-state index contributed by atoms with van der Waals surface area (Å²) >= 11 is 0. The van der Waals surface area contributed by atoms with Gasteiger partial charge in [-0.15, -0.1) is 5.10 Å². The van der Waals surface area contributed by atoms with E-state index in [1.165, 1.54) is 24.3 Å². The molecule has 0 bridgehead atoms. The Kier molecular flexibility index (Phi) is 7.89. The fourth-order valence-corrected chi connectivity index (χ4v) is 3.85. The van der Waals surface area contributed by atoms with Crippen molar-refractivity contribution in [1.82, 2.24) is 30.3 Å². The van der Waals surface area contributed by atoms with Crippen LogP contribution < -0.4 is 11.1 Å². The van der Waals surface area contributed by atoms with Crippen LogP contribution in [0.1, 0.15) is 41.0 Å². The fourth-order valence-electron chi connectivity index (χ4n) is 3.85. The van der Waals surface area contributed by atoms with Crippen LogP contribution >= 0.6 is 0 Å². The number of nitrogens with one attached hydrogen (secondary N) is 2. The molecule has 188 valence electrons. The zero-order valence-corrected chi connectivity index (χ0v) is 19.5. The van der Waals surface area contributed by atoms with Gasteiger partial charge >= 0.3 is 0 Å². The molecule has 0 aliphatic rings. The molecule has 0 saturated carbocycles. The van der Waals surface area contributed by atoms with E-state index in [1.54, 1.807) is 4.68 Å². The molecule has 0 aliphatic heterocycles. The number of halogens is 2. The van der Waals surface area contributed by atoms with Crippen molar-refractivity contribution in [3.05, 3.63) is 77.4 Å². The van der Waals surface area contributed by atoms with Gasteiger partial charge in [0.1, 0.15) is 17.4 Å². The Labute approximate surface area is 206 Å². The van der Waals surface area contributed by atoms with Crippen LogP contribution in [0.3, 0.4) is 0 Å². The number of nitrogens with two attached hydrogens (primary N) is 1. The predicted molar refractivity (Wildman–Crippen MR) is 130 cm³/mol. The zero-order chi connectivity index (χ0) is 25.5. The highest BCUT2D eigenvalue weighted by Crippen LogP contribution is 2.28. The number of benzene rings is 2. The van der Waals surface area contributed by atoms with Crippen LogP contribution in [0, 0.1) is 11.6 Å². The van der Waals surface area contributed by atoms with Gasteiger partial charge in [-0.3, -0.25) is 9.48 Å². The molecule has 36 heavy (non-hydrogen) atoms. The number of hydrogen-bond donors (Lipinski definition) is 4. The number of imidazole rings is 1. The predicted octanol–water partition coefficient (Wildman–Crippen LogP) is 3.62. The maximum Gasteiger partial charge on any atom is 0.255 e. The zero-order valence-electron chi connectivity index (χ0n) is 19.5. The van der Waals surface area contributed by atoms with Crippen LogP contribution in [0.25, 0.3) is 11.1 Å². The molecule has 1 amide bonds. The van der Waals surface area contributed by atoms with Crippen LogP contribution in [-0.4, -0.2) is 42.5 Å². The summed E-state index contributed by atoms with van der Waals surface area (Å²) in [5.41, 5.74) is 7.93. The number of hydrogen-bond acceptors (Lipinski definition) is 6. The molecule has 4 rings (SSSR count). The third kappa shape index (κ3) is 6.44. The van der Waals surface area contributed by atoms with Crippen molar-refractivity contribution < 1.29 is 18.7 Å². The number of rotatable bonds is 11. The molecular formula is C25H27F2N7O2. The number of phenols is 1. The minimum atomic E-state index is -0.751. The first-order chi connectivity index (χ1) is 17.4. The van der Waals surface area contributed by atoms with Gasteiger partial charge in [0.25, 0.3) is 5.91 Å². The second-order valence-electron chi connectivity index (χ2n) is 8.42. The van der Waals surface area contributed by atoms with E-state index in [0.717, 1.165) is 55.6 Å². The second kappa shape index (κ2) is 11.4. The molecule has 5 N–H and O–H groups in total. The van der Waals surface area contributed by atoms with Gasteiger partial charge in [-0.05, 0) is 55.5 Å². The molecule has 0 radical (unpaired) electrons. The molecular weight excluding hydrogens is 468 g/mol. The minimum Gasteiger partial charge on any atom is -0.507 e. The molecule has 0 saturated heterocycles. The number of H-pyrrole nitrogens is 1. The first-order valence-electron chi connectivity index (χ1n) is 11.6. The molecule has 2 aromatic heterocycles. The Hall–Kier alpha value is -4.28. The van der Waals surface area contributed by atoms with Crippen molar-refractivity contribution in [2.24, 2.45) is 0 Å². The van der Waals surface area contributed by atoms with Crippen molar-refractivity contribution in [3.8, 4) is 16.9 Å². The summed E-state index contributed by atoms with van der Waals surface area (Å²) in [5.74, 6) is -1.78. The first kappa shape index (κ1) is 24.8. The number of nitrogen functional groups attached to an aromatic ring is 1. The van der Waals surface area contributed by atoms with E-state index in [2.05, 4.69) is 25.6 Å². The van der Waals surface area contributed by atoms with E-state index in [0.29, 0.717) is 18.1 Å². The number of nitrogens with zero attached hydrogens (tertiary/aromatic N) is 4. The normalized spacial score (nSPS) is 11.1. The monoisotopic (exact) mass is 495 g/mol. The molecule has 2 aromatic carbocycles. The topological polar surface area (TPSA) is 135 Å². The molecule has 0 unspecified atom stereocenters. The lowest BCUT2D eigenvalue weighted by Crippen LogP contribution is -2.27. The van der Waals surface area contributed by atoms with Crippen molar-refractivity contribution in [2.45, 2.75) is 38.6 Å². The Bertz CT molecular complexity index is 1340. The van der Waals surface area contributed by atoms with Gasteiger partial charge in [-0.2, -0.15) is 0 Å². The number of amides is 1. The van der Waals surface area contributed by atoms with Crippen molar-refractivity contribution >= 4 is 11.9 Å². The van der Waals surface area contributed by atoms with Crippen molar-refractivity contribution in [1.29, 1.82) is 0 Å². The van der Waals surface area contributed by atoms with Crippen LogP contribution in [0.4, 0.5) is 14.7 Å². The Morgan fingerprint density at radius 1 is 1.08 bits per heavy atom. The van der Waals surface area contributed by atoms with Gasteiger partial charge in [0.15, 0.2) is 5.95 Å². The number of carbonyl (C=O) groups is 1. The quantitative estimate of drug-likeness (QED) is 0.235. The number of unbranched alkanes of at least 4 members (excludes halogenated alkanes) is 2. The summed E-state index contributed by atoms with van der Waals surface area (Å²) in [7, 11) is 0. The molecule has 4 aromatic rings. The molecule has 2 heterocycles. The van der Waals surface area contributed by atoms with E-state index in [1.807, 2.05) is 12.4 Å². The van der Waals surface area contributed by atoms with Gasteiger partial charge < -0.3 is 21.1 Å². The fraction of sp³-hybridized carbons (Fsp3) is 0.280. The lowest BCUT2D eigenvalue weighted by Gasteiger charge is -2.09. The highest BCUT2D eigenvalue weighted by atomic mass is 19.1. The number of aromatic nitrogens is 5. The number of aromatic hydroxyl groups is 1. The third-order valence-electron chi connectivity index (χ3n) is 5.71. The maximum atomic E-state index is 14.0.